The third-order valence-corrected chi connectivity index (χ3v) is 3.44. The van der Waals surface area contributed by atoms with E-state index in [4.69, 9.17) is 28.9 Å². The Hall–Kier alpha value is -0.240. The Kier molecular flexibility index (Phi) is 2.74. The normalized spacial score (nSPS) is 27.4. The first kappa shape index (κ1) is 10.3. The monoisotopic (exact) mass is 229 g/mol. The Morgan fingerprint density at radius 1 is 1.43 bits per heavy atom. The topological polar surface area (TPSA) is 26.0 Å². The molecule has 0 amide bonds. The molecule has 0 spiro atoms. The van der Waals surface area contributed by atoms with E-state index in [9.17, 15) is 0 Å². The van der Waals surface area contributed by atoms with E-state index in [1.54, 1.807) is 6.07 Å². The number of hydrogen-bond acceptors (Lipinski definition) is 1. The number of benzene rings is 1. The lowest BCUT2D eigenvalue weighted by Gasteiger charge is -2.06. The summed E-state index contributed by atoms with van der Waals surface area (Å²) in [6.45, 7) is 2.05. The number of rotatable bonds is 2. The van der Waals surface area contributed by atoms with Gasteiger partial charge in [-0.1, -0.05) is 29.3 Å². The lowest BCUT2D eigenvalue weighted by molar-refractivity contribution is 0.632. The van der Waals surface area contributed by atoms with Crippen LogP contribution in [0.4, 0.5) is 0 Å². The maximum absolute atomic E-state index is 6.11. The van der Waals surface area contributed by atoms with Crippen molar-refractivity contribution in [1.29, 1.82) is 0 Å². The minimum atomic E-state index is 0.256. The van der Waals surface area contributed by atoms with Crippen molar-refractivity contribution in [3.05, 3.63) is 33.8 Å². The molecule has 0 bridgehead atoms. The van der Waals surface area contributed by atoms with Crippen LogP contribution < -0.4 is 5.73 Å². The van der Waals surface area contributed by atoms with Crippen molar-refractivity contribution < 1.29 is 0 Å². The van der Waals surface area contributed by atoms with E-state index in [0.717, 1.165) is 11.4 Å². The highest BCUT2D eigenvalue weighted by molar-refractivity contribution is 6.35. The molecule has 1 saturated carbocycles. The number of nitrogens with two attached hydrogens (primary N) is 1. The molecule has 3 atom stereocenters. The maximum Gasteiger partial charge on any atom is 0.0455 e. The molecule has 76 valence electrons. The van der Waals surface area contributed by atoms with Gasteiger partial charge in [-0.2, -0.15) is 0 Å². The van der Waals surface area contributed by atoms with Gasteiger partial charge in [-0.25, -0.2) is 0 Å². The summed E-state index contributed by atoms with van der Waals surface area (Å²) in [7, 11) is 0. The van der Waals surface area contributed by atoms with Gasteiger partial charge in [0.1, 0.15) is 0 Å². The zero-order chi connectivity index (χ0) is 10.3. The molecule has 0 aromatic heterocycles. The van der Waals surface area contributed by atoms with Gasteiger partial charge in [-0.15, -0.1) is 0 Å². The molecule has 1 aromatic rings. The highest BCUT2D eigenvalue weighted by atomic mass is 35.5. The van der Waals surface area contributed by atoms with Gasteiger partial charge < -0.3 is 5.73 Å². The van der Waals surface area contributed by atoms with Crippen LogP contribution in [-0.4, -0.2) is 6.04 Å². The summed E-state index contributed by atoms with van der Waals surface area (Å²) in [5.41, 5.74) is 7.03. The van der Waals surface area contributed by atoms with Crippen LogP contribution in [-0.2, 0) is 0 Å². The highest BCUT2D eigenvalue weighted by Gasteiger charge is 2.41. The molecule has 0 unspecified atom stereocenters. The fourth-order valence-corrected chi connectivity index (χ4v) is 2.50. The highest BCUT2D eigenvalue weighted by Crippen LogP contribution is 2.51. The van der Waals surface area contributed by atoms with E-state index in [0.29, 0.717) is 16.9 Å². The molecule has 0 radical (unpaired) electrons. The van der Waals surface area contributed by atoms with Gasteiger partial charge in [-0.3, -0.25) is 0 Å². The largest absolute Gasteiger partial charge is 0.328 e. The number of halogens is 2. The van der Waals surface area contributed by atoms with Crippen molar-refractivity contribution in [3.8, 4) is 0 Å². The molecular weight excluding hydrogens is 217 g/mol. The molecular formula is C11H13Cl2N. The summed E-state index contributed by atoms with van der Waals surface area (Å²) in [4.78, 5) is 0. The molecule has 3 heteroatoms. The van der Waals surface area contributed by atoms with Crippen molar-refractivity contribution in [2.45, 2.75) is 25.3 Å². The van der Waals surface area contributed by atoms with Crippen LogP contribution in [0.2, 0.25) is 10.0 Å². The average Bonchev–Trinajstić information content (AvgIpc) is 2.83. The zero-order valence-corrected chi connectivity index (χ0v) is 9.52. The second-order valence-corrected chi connectivity index (χ2v) is 4.87. The standard InChI is InChI=1S/C11H13Cl2N/c1-6(14)9-5-10(9)8-3-2-7(12)4-11(8)13/h2-4,6,9-10H,5,14H2,1H3/t6-,9+,10+/m0/s1. The van der Waals surface area contributed by atoms with Gasteiger partial charge in [0.15, 0.2) is 0 Å². The molecule has 0 heterocycles. The summed E-state index contributed by atoms with van der Waals surface area (Å²) < 4.78 is 0. The van der Waals surface area contributed by atoms with E-state index in [1.807, 2.05) is 12.1 Å². The van der Waals surface area contributed by atoms with Crippen molar-refractivity contribution in [1.82, 2.24) is 0 Å². The quantitative estimate of drug-likeness (QED) is 0.827. The first-order chi connectivity index (χ1) is 6.59. The molecule has 2 rings (SSSR count). The van der Waals surface area contributed by atoms with Gasteiger partial charge >= 0.3 is 0 Å². The van der Waals surface area contributed by atoms with Crippen LogP contribution in [0.3, 0.4) is 0 Å². The molecule has 1 fully saturated rings. The van der Waals surface area contributed by atoms with E-state index < -0.39 is 0 Å². The second kappa shape index (κ2) is 3.73. The minimum absolute atomic E-state index is 0.256. The first-order valence-electron chi connectivity index (χ1n) is 4.80. The van der Waals surface area contributed by atoms with E-state index in [1.165, 1.54) is 5.56 Å². The smallest absolute Gasteiger partial charge is 0.0455 e. The maximum atomic E-state index is 6.11. The van der Waals surface area contributed by atoms with Crippen LogP contribution in [0.25, 0.3) is 0 Å². The van der Waals surface area contributed by atoms with Crippen molar-refractivity contribution in [2.75, 3.05) is 0 Å². The van der Waals surface area contributed by atoms with Crippen LogP contribution in [0.1, 0.15) is 24.8 Å². The first-order valence-corrected chi connectivity index (χ1v) is 5.55. The Morgan fingerprint density at radius 3 is 2.64 bits per heavy atom. The molecule has 2 N–H and O–H groups in total. The lowest BCUT2D eigenvalue weighted by atomic mass is 10.1. The predicted molar refractivity (Wildman–Crippen MR) is 61.0 cm³/mol. The summed E-state index contributed by atoms with van der Waals surface area (Å²) >= 11 is 11.9. The Labute approximate surface area is 94.2 Å². The van der Waals surface area contributed by atoms with Crippen LogP contribution in [0.5, 0.6) is 0 Å². The molecule has 1 aromatic carbocycles. The van der Waals surface area contributed by atoms with Crippen molar-refractivity contribution in [2.24, 2.45) is 11.7 Å². The molecule has 1 nitrogen and oxygen atoms in total. The summed E-state index contributed by atoms with van der Waals surface area (Å²) in [5.74, 6) is 1.13. The van der Waals surface area contributed by atoms with Crippen molar-refractivity contribution >= 4 is 23.2 Å². The van der Waals surface area contributed by atoms with Gasteiger partial charge in [0.05, 0.1) is 0 Å². The van der Waals surface area contributed by atoms with Crippen LogP contribution >= 0.6 is 23.2 Å². The zero-order valence-electron chi connectivity index (χ0n) is 8.00. The van der Waals surface area contributed by atoms with Gasteiger partial charge in [0.2, 0.25) is 0 Å². The summed E-state index contributed by atoms with van der Waals surface area (Å²) in [6, 6.07) is 5.96. The van der Waals surface area contributed by atoms with Crippen LogP contribution in [0, 0.1) is 5.92 Å². The van der Waals surface area contributed by atoms with E-state index in [-0.39, 0.29) is 6.04 Å². The van der Waals surface area contributed by atoms with Crippen LogP contribution in [0.15, 0.2) is 18.2 Å². The van der Waals surface area contributed by atoms with E-state index >= 15 is 0 Å². The lowest BCUT2D eigenvalue weighted by Crippen LogP contribution is -2.17. The van der Waals surface area contributed by atoms with E-state index in [2.05, 4.69) is 6.92 Å². The molecule has 1 aliphatic rings. The Bertz CT molecular complexity index is 349. The summed E-state index contributed by atoms with van der Waals surface area (Å²) in [5, 5.41) is 1.46. The molecule has 1 aliphatic carbocycles. The Balaban J connectivity index is 2.19. The van der Waals surface area contributed by atoms with Crippen molar-refractivity contribution in [3.63, 3.8) is 0 Å². The summed E-state index contributed by atoms with van der Waals surface area (Å²) in [6.07, 6.45) is 1.15. The number of hydrogen-bond donors (Lipinski definition) is 1. The van der Waals surface area contributed by atoms with Gasteiger partial charge in [0.25, 0.3) is 0 Å². The predicted octanol–water partition coefficient (Wildman–Crippen LogP) is 3.44. The molecule has 14 heavy (non-hydrogen) atoms. The second-order valence-electron chi connectivity index (χ2n) is 4.03. The fourth-order valence-electron chi connectivity index (χ4n) is 1.96. The van der Waals surface area contributed by atoms with Gasteiger partial charge in [0, 0.05) is 16.1 Å². The van der Waals surface area contributed by atoms with Gasteiger partial charge in [-0.05, 0) is 42.9 Å². The molecule has 0 aliphatic heterocycles. The Morgan fingerprint density at radius 2 is 2.14 bits per heavy atom. The third-order valence-electron chi connectivity index (χ3n) is 2.88. The fraction of sp³-hybridized carbons (Fsp3) is 0.455. The molecule has 0 saturated heterocycles. The third kappa shape index (κ3) is 1.90. The SMILES string of the molecule is C[C@H](N)[C@H]1C[C@@H]1c1ccc(Cl)cc1Cl. The minimum Gasteiger partial charge on any atom is -0.328 e. The average molecular weight is 230 g/mol.